The highest BCUT2D eigenvalue weighted by molar-refractivity contribution is 7.99. The summed E-state index contributed by atoms with van der Waals surface area (Å²) in [6, 6.07) is 11.3. The maximum absolute atomic E-state index is 13.4. The Hall–Kier alpha value is -3.09. The molecule has 0 unspecified atom stereocenters. The summed E-state index contributed by atoms with van der Waals surface area (Å²) in [6.07, 6.45) is 0.193. The molecule has 2 saturated heterocycles. The van der Waals surface area contributed by atoms with Gasteiger partial charge in [-0.25, -0.2) is 18.0 Å². The van der Waals surface area contributed by atoms with Gasteiger partial charge >= 0.3 is 12.1 Å². The molecule has 2 fully saturated rings. The number of carbonyl (C=O) groups excluding carboxylic acids is 3. The summed E-state index contributed by atoms with van der Waals surface area (Å²) in [5, 5.41) is 2.75. The van der Waals surface area contributed by atoms with Crippen LogP contribution in [0.2, 0.25) is 0 Å². The van der Waals surface area contributed by atoms with Crippen molar-refractivity contribution in [2.75, 3.05) is 31.1 Å². The van der Waals surface area contributed by atoms with Crippen LogP contribution >= 0.6 is 11.8 Å². The third kappa shape index (κ3) is 8.02. The number of nitrogens with zero attached hydrogens (tertiary/aromatic N) is 2. The maximum Gasteiger partial charge on any atom is 0.415 e. The summed E-state index contributed by atoms with van der Waals surface area (Å²) in [7, 11) is -3.90. The van der Waals surface area contributed by atoms with E-state index in [1.165, 1.54) is 16.4 Å². The smallest absolute Gasteiger partial charge is 0.415 e. The molecule has 2 amide bonds. The van der Waals surface area contributed by atoms with Crippen molar-refractivity contribution in [3.8, 4) is 5.75 Å². The standard InChI is InChI=1S/C29H37N3O7S2/c1-20(2)38-28(34)25(19-22-8-10-23(11-9-22)39-29(35)31-15-17-40-18-16-31)30-27(33)26-5-4-14-32(26)41(36,37)24-12-6-21(3)7-13-24/h6-13,20,25-26H,4-5,14-19H2,1-3H3,(H,30,33)/t25-,26-/m0/s1. The van der Waals surface area contributed by atoms with Crippen molar-refractivity contribution in [1.82, 2.24) is 14.5 Å². The molecule has 0 bridgehead atoms. The molecule has 2 atom stereocenters. The van der Waals surface area contributed by atoms with Gasteiger partial charge in [-0.15, -0.1) is 0 Å². The third-order valence-corrected chi connectivity index (χ3v) is 9.79. The number of carbonyl (C=O) groups is 3. The molecule has 0 radical (unpaired) electrons. The largest absolute Gasteiger partial charge is 0.461 e. The second-order valence-electron chi connectivity index (χ2n) is 10.4. The molecule has 2 heterocycles. The average Bonchev–Trinajstić information content (AvgIpc) is 3.45. The van der Waals surface area contributed by atoms with Gasteiger partial charge in [0.05, 0.1) is 11.0 Å². The second-order valence-corrected chi connectivity index (χ2v) is 13.6. The normalized spacial score (nSPS) is 18.6. The van der Waals surface area contributed by atoms with Crippen LogP contribution in [0.4, 0.5) is 4.79 Å². The zero-order valence-corrected chi connectivity index (χ0v) is 25.2. The van der Waals surface area contributed by atoms with Crippen LogP contribution in [0.15, 0.2) is 53.4 Å². The van der Waals surface area contributed by atoms with E-state index in [1.807, 2.05) is 6.92 Å². The van der Waals surface area contributed by atoms with Crippen molar-refractivity contribution in [2.24, 2.45) is 0 Å². The Balaban J connectivity index is 1.45. The van der Waals surface area contributed by atoms with Crippen molar-refractivity contribution < 1.29 is 32.3 Å². The molecule has 2 aliphatic rings. The lowest BCUT2D eigenvalue weighted by Crippen LogP contribution is -2.52. The number of ether oxygens (including phenoxy) is 2. The number of amides is 2. The van der Waals surface area contributed by atoms with Crippen molar-refractivity contribution in [3.63, 3.8) is 0 Å². The van der Waals surface area contributed by atoms with Gasteiger partial charge in [0.1, 0.15) is 17.8 Å². The van der Waals surface area contributed by atoms with Crippen LogP contribution in [0.1, 0.15) is 37.8 Å². The molecule has 0 aliphatic carbocycles. The molecule has 10 nitrogen and oxygen atoms in total. The highest BCUT2D eigenvalue weighted by Crippen LogP contribution is 2.27. The Morgan fingerprint density at radius 3 is 2.29 bits per heavy atom. The summed E-state index contributed by atoms with van der Waals surface area (Å²) in [4.78, 5) is 40.6. The van der Waals surface area contributed by atoms with Crippen molar-refractivity contribution >= 4 is 39.8 Å². The molecule has 0 aromatic heterocycles. The number of aryl methyl sites for hydroxylation is 1. The quantitative estimate of drug-likeness (QED) is 0.433. The lowest BCUT2D eigenvalue weighted by Gasteiger charge is -2.26. The summed E-state index contributed by atoms with van der Waals surface area (Å²) < 4.78 is 38.8. The van der Waals surface area contributed by atoms with E-state index < -0.39 is 46.2 Å². The Bertz CT molecular complexity index is 1330. The minimum atomic E-state index is -3.90. The van der Waals surface area contributed by atoms with E-state index >= 15 is 0 Å². The van der Waals surface area contributed by atoms with Crippen LogP contribution in [-0.4, -0.2) is 84.9 Å². The molecular weight excluding hydrogens is 566 g/mol. The van der Waals surface area contributed by atoms with Crippen LogP contribution in [0, 0.1) is 6.92 Å². The van der Waals surface area contributed by atoms with E-state index in [4.69, 9.17) is 9.47 Å². The lowest BCUT2D eigenvalue weighted by molar-refractivity contribution is -0.151. The van der Waals surface area contributed by atoms with Crippen LogP contribution < -0.4 is 10.1 Å². The molecule has 2 aromatic rings. The fourth-order valence-electron chi connectivity index (χ4n) is 4.75. The number of thioether (sulfide) groups is 1. The SMILES string of the molecule is Cc1ccc(S(=O)(=O)N2CCC[C@H]2C(=O)N[C@@H](Cc2ccc(OC(=O)N3CCSCC3)cc2)C(=O)OC(C)C)cc1. The first-order valence-electron chi connectivity index (χ1n) is 13.8. The number of hydrogen-bond acceptors (Lipinski definition) is 8. The first kappa shape index (κ1) is 30.9. The van der Waals surface area contributed by atoms with Gasteiger partial charge in [-0.2, -0.15) is 16.1 Å². The monoisotopic (exact) mass is 603 g/mol. The Morgan fingerprint density at radius 2 is 1.66 bits per heavy atom. The number of hydrogen-bond donors (Lipinski definition) is 1. The summed E-state index contributed by atoms with van der Waals surface area (Å²) >= 11 is 1.80. The predicted molar refractivity (Wildman–Crippen MR) is 156 cm³/mol. The zero-order valence-electron chi connectivity index (χ0n) is 23.6. The molecular formula is C29H37N3O7S2. The van der Waals surface area contributed by atoms with Crippen molar-refractivity contribution in [1.29, 1.82) is 0 Å². The fourth-order valence-corrected chi connectivity index (χ4v) is 7.31. The van der Waals surface area contributed by atoms with Gasteiger partial charge in [0.2, 0.25) is 15.9 Å². The fraction of sp³-hybridized carbons (Fsp3) is 0.483. The number of esters is 1. The second kappa shape index (κ2) is 13.7. The zero-order chi connectivity index (χ0) is 29.6. The highest BCUT2D eigenvalue weighted by Gasteiger charge is 2.40. The van der Waals surface area contributed by atoms with E-state index in [2.05, 4.69) is 5.32 Å². The Labute approximate surface area is 245 Å². The molecule has 1 N–H and O–H groups in total. The molecule has 2 aliphatic heterocycles. The first-order chi connectivity index (χ1) is 19.5. The molecule has 4 rings (SSSR count). The molecule has 0 spiro atoms. The summed E-state index contributed by atoms with van der Waals surface area (Å²) in [5.41, 5.74) is 1.64. The molecule has 222 valence electrons. The number of nitrogens with one attached hydrogen (secondary N) is 1. The summed E-state index contributed by atoms with van der Waals surface area (Å²) in [5.74, 6) is 0.978. The van der Waals surface area contributed by atoms with Gasteiger partial charge in [0, 0.05) is 37.6 Å². The van der Waals surface area contributed by atoms with Crippen LogP contribution in [0.3, 0.4) is 0 Å². The lowest BCUT2D eigenvalue weighted by atomic mass is 10.0. The van der Waals surface area contributed by atoms with E-state index in [1.54, 1.807) is 66.9 Å². The van der Waals surface area contributed by atoms with Crippen LogP contribution in [0.5, 0.6) is 5.75 Å². The van der Waals surface area contributed by atoms with E-state index in [9.17, 15) is 22.8 Å². The van der Waals surface area contributed by atoms with Crippen molar-refractivity contribution in [3.05, 3.63) is 59.7 Å². The van der Waals surface area contributed by atoms with Gasteiger partial charge in [0.15, 0.2) is 0 Å². The van der Waals surface area contributed by atoms with Gasteiger partial charge in [-0.1, -0.05) is 29.8 Å². The minimum absolute atomic E-state index is 0.117. The third-order valence-electron chi connectivity index (χ3n) is 6.92. The Morgan fingerprint density at radius 1 is 1.00 bits per heavy atom. The van der Waals surface area contributed by atoms with Gasteiger partial charge < -0.3 is 19.7 Å². The topological polar surface area (TPSA) is 122 Å². The number of rotatable bonds is 9. The molecule has 41 heavy (non-hydrogen) atoms. The van der Waals surface area contributed by atoms with Gasteiger partial charge in [-0.05, 0) is 63.4 Å². The first-order valence-corrected chi connectivity index (χ1v) is 16.4. The highest BCUT2D eigenvalue weighted by atomic mass is 32.2. The number of benzene rings is 2. The molecule has 0 saturated carbocycles. The van der Waals surface area contributed by atoms with Crippen LogP contribution in [0.25, 0.3) is 0 Å². The van der Waals surface area contributed by atoms with E-state index in [0.717, 1.165) is 17.1 Å². The van der Waals surface area contributed by atoms with Gasteiger partial charge in [0.25, 0.3) is 0 Å². The molecule has 2 aromatic carbocycles. The summed E-state index contributed by atoms with van der Waals surface area (Å²) in [6.45, 7) is 6.80. The average molecular weight is 604 g/mol. The maximum atomic E-state index is 13.4. The van der Waals surface area contributed by atoms with Gasteiger partial charge in [-0.3, -0.25) is 4.79 Å². The van der Waals surface area contributed by atoms with E-state index in [-0.39, 0.29) is 17.9 Å². The number of sulfonamides is 1. The van der Waals surface area contributed by atoms with E-state index in [0.29, 0.717) is 37.2 Å². The molecule has 12 heteroatoms. The minimum Gasteiger partial charge on any atom is -0.461 e. The van der Waals surface area contributed by atoms with Crippen LogP contribution in [-0.2, 0) is 30.8 Å². The Kier molecular flexibility index (Phi) is 10.3. The predicted octanol–water partition coefficient (Wildman–Crippen LogP) is 3.37. The van der Waals surface area contributed by atoms with Crippen molar-refractivity contribution in [2.45, 2.75) is 63.1 Å².